The molecule has 0 spiro atoms. The molecule has 1 aromatic carbocycles. The van der Waals surface area contributed by atoms with Gasteiger partial charge in [0.25, 0.3) is 0 Å². The lowest BCUT2D eigenvalue weighted by atomic mass is 9.74. The largest absolute Gasteiger partial charge is 0.381 e. The molecular formula is C20H28FIN4OS. The van der Waals surface area contributed by atoms with Gasteiger partial charge in [0.05, 0.1) is 6.54 Å². The number of aryl methyl sites for hydroxylation is 1. The Hall–Kier alpha value is -1.26. The lowest BCUT2D eigenvalue weighted by Crippen LogP contribution is -2.48. The van der Waals surface area contributed by atoms with Crippen molar-refractivity contribution in [3.05, 3.63) is 51.7 Å². The smallest absolute Gasteiger partial charge is 0.191 e. The number of guanidine groups is 1. The molecule has 2 heterocycles. The number of aliphatic imine (C=N–C) groups is 1. The van der Waals surface area contributed by atoms with Gasteiger partial charge in [0, 0.05) is 42.8 Å². The third-order valence-corrected chi connectivity index (χ3v) is 5.78. The zero-order valence-corrected chi connectivity index (χ0v) is 19.5. The van der Waals surface area contributed by atoms with E-state index in [4.69, 9.17) is 4.74 Å². The number of hydrogen-bond acceptors (Lipinski definition) is 4. The van der Waals surface area contributed by atoms with E-state index in [-0.39, 0.29) is 35.2 Å². The average molecular weight is 518 g/mol. The monoisotopic (exact) mass is 518 g/mol. The Morgan fingerprint density at radius 1 is 1.25 bits per heavy atom. The molecule has 28 heavy (non-hydrogen) atoms. The molecule has 8 heteroatoms. The van der Waals surface area contributed by atoms with Gasteiger partial charge >= 0.3 is 0 Å². The number of ether oxygens (including phenoxy) is 1. The van der Waals surface area contributed by atoms with E-state index in [1.807, 2.05) is 25.3 Å². The van der Waals surface area contributed by atoms with Crippen molar-refractivity contribution in [1.29, 1.82) is 0 Å². The molecule has 0 saturated carbocycles. The van der Waals surface area contributed by atoms with Gasteiger partial charge in [-0.25, -0.2) is 14.4 Å². The van der Waals surface area contributed by atoms with E-state index in [1.165, 1.54) is 17.0 Å². The van der Waals surface area contributed by atoms with Crippen molar-refractivity contribution >= 4 is 41.3 Å². The Balaban J connectivity index is 0.00000280. The fourth-order valence-corrected chi connectivity index (χ4v) is 4.06. The molecule has 0 radical (unpaired) electrons. The molecule has 1 fully saturated rings. The predicted octanol–water partition coefficient (Wildman–Crippen LogP) is 4.01. The first-order valence-electron chi connectivity index (χ1n) is 9.38. The highest BCUT2D eigenvalue weighted by molar-refractivity contribution is 14.0. The molecule has 0 bridgehead atoms. The van der Waals surface area contributed by atoms with Crippen LogP contribution in [0.2, 0.25) is 0 Å². The fraction of sp³-hybridized carbons (Fsp3) is 0.500. The maximum Gasteiger partial charge on any atom is 0.191 e. The normalized spacial score (nSPS) is 16.3. The van der Waals surface area contributed by atoms with Crippen LogP contribution in [0.3, 0.4) is 0 Å². The van der Waals surface area contributed by atoms with E-state index in [1.54, 1.807) is 11.3 Å². The zero-order valence-electron chi connectivity index (χ0n) is 16.3. The number of nitrogens with one attached hydrogen (secondary N) is 2. The number of halogens is 2. The second-order valence-electron chi connectivity index (χ2n) is 6.81. The molecule has 5 nitrogen and oxygen atoms in total. The van der Waals surface area contributed by atoms with Gasteiger partial charge in [0.2, 0.25) is 0 Å². The van der Waals surface area contributed by atoms with Crippen LogP contribution in [0, 0.1) is 12.7 Å². The van der Waals surface area contributed by atoms with Crippen LogP contribution in [0.25, 0.3) is 0 Å². The maximum atomic E-state index is 13.4. The molecule has 1 aromatic heterocycles. The summed E-state index contributed by atoms with van der Waals surface area (Å²) in [7, 11) is 0. The Kier molecular flexibility index (Phi) is 9.10. The van der Waals surface area contributed by atoms with E-state index >= 15 is 0 Å². The Labute approximate surface area is 187 Å². The number of benzene rings is 1. The van der Waals surface area contributed by atoms with Gasteiger partial charge in [0.1, 0.15) is 10.8 Å². The molecule has 1 aliphatic rings. The first kappa shape index (κ1) is 23.0. The highest BCUT2D eigenvalue weighted by Crippen LogP contribution is 2.34. The van der Waals surface area contributed by atoms with Crippen molar-refractivity contribution < 1.29 is 9.13 Å². The van der Waals surface area contributed by atoms with E-state index < -0.39 is 0 Å². The van der Waals surface area contributed by atoms with E-state index in [2.05, 4.69) is 27.5 Å². The molecule has 3 rings (SSSR count). The lowest BCUT2D eigenvalue weighted by molar-refractivity contribution is 0.0513. The summed E-state index contributed by atoms with van der Waals surface area (Å²) in [6.07, 6.45) is 3.68. The van der Waals surface area contributed by atoms with Crippen LogP contribution < -0.4 is 10.6 Å². The molecule has 0 atom stereocenters. The molecule has 154 valence electrons. The van der Waals surface area contributed by atoms with Gasteiger partial charge in [-0.2, -0.15) is 0 Å². The van der Waals surface area contributed by atoms with Crippen molar-refractivity contribution in [2.24, 2.45) is 4.99 Å². The van der Waals surface area contributed by atoms with Crippen LogP contribution in [-0.4, -0.2) is 37.2 Å². The maximum absolute atomic E-state index is 13.4. The molecule has 1 saturated heterocycles. The van der Waals surface area contributed by atoms with Gasteiger partial charge in [-0.3, -0.25) is 0 Å². The Bertz CT molecular complexity index is 760. The van der Waals surface area contributed by atoms with E-state index in [9.17, 15) is 4.39 Å². The molecule has 2 aromatic rings. The Morgan fingerprint density at radius 3 is 2.57 bits per heavy atom. The second-order valence-corrected chi connectivity index (χ2v) is 8.13. The molecule has 2 N–H and O–H groups in total. The first-order chi connectivity index (χ1) is 13.1. The van der Waals surface area contributed by atoms with Crippen molar-refractivity contribution in [3.8, 4) is 0 Å². The second kappa shape index (κ2) is 11.1. The fourth-order valence-electron chi connectivity index (χ4n) is 3.35. The van der Waals surface area contributed by atoms with Crippen molar-refractivity contribution in [2.45, 2.75) is 38.6 Å². The van der Waals surface area contributed by atoms with Crippen LogP contribution in [0.4, 0.5) is 4.39 Å². The number of nitrogens with zero attached hydrogens (tertiary/aromatic N) is 2. The van der Waals surface area contributed by atoms with Crippen LogP contribution >= 0.6 is 35.3 Å². The summed E-state index contributed by atoms with van der Waals surface area (Å²) in [5, 5.41) is 7.79. The molecule has 0 aliphatic carbocycles. The topological polar surface area (TPSA) is 58.5 Å². The molecular weight excluding hydrogens is 490 g/mol. The lowest BCUT2D eigenvalue weighted by Gasteiger charge is -2.38. The minimum atomic E-state index is -0.206. The third kappa shape index (κ3) is 6.12. The van der Waals surface area contributed by atoms with Gasteiger partial charge in [-0.05, 0) is 44.4 Å². The van der Waals surface area contributed by atoms with Crippen LogP contribution in [0.5, 0.6) is 0 Å². The van der Waals surface area contributed by atoms with Gasteiger partial charge in [0.15, 0.2) is 5.96 Å². The Morgan fingerprint density at radius 2 is 1.96 bits per heavy atom. The number of aromatic nitrogens is 1. The standard InChI is InChI=1S/C20H27FN4OS.HI/c1-3-22-19(24-13-18-23-12-15(2)27-18)25-14-20(8-10-26-11-9-20)16-4-6-17(21)7-5-16;/h4-7,12H,3,8-11,13-14H2,1-2H3,(H2,22,24,25);1H. The van der Waals surface area contributed by atoms with Crippen molar-refractivity contribution in [1.82, 2.24) is 15.6 Å². The zero-order chi connectivity index (χ0) is 19.1. The quantitative estimate of drug-likeness (QED) is 0.345. The molecule has 0 unspecified atom stereocenters. The van der Waals surface area contributed by atoms with Crippen LogP contribution in [0.15, 0.2) is 35.5 Å². The van der Waals surface area contributed by atoms with Crippen LogP contribution in [-0.2, 0) is 16.7 Å². The number of rotatable bonds is 6. The SMILES string of the molecule is CCNC(=NCc1ncc(C)s1)NCC1(c2ccc(F)cc2)CCOCC1.I. The summed E-state index contributed by atoms with van der Waals surface area (Å²) in [6.45, 7) is 7.59. The minimum Gasteiger partial charge on any atom is -0.381 e. The predicted molar refractivity (Wildman–Crippen MR) is 123 cm³/mol. The van der Waals surface area contributed by atoms with E-state index in [0.717, 1.165) is 42.5 Å². The van der Waals surface area contributed by atoms with E-state index in [0.29, 0.717) is 19.8 Å². The summed E-state index contributed by atoms with van der Waals surface area (Å²) in [5.41, 5.74) is 1.06. The highest BCUT2D eigenvalue weighted by atomic mass is 127. The number of hydrogen-bond donors (Lipinski definition) is 2. The van der Waals surface area contributed by atoms with Crippen molar-refractivity contribution in [2.75, 3.05) is 26.3 Å². The number of thiazole rings is 1. The van der Waals surface area contributed by atoms with Gasteiger partial charge in [-0.1, -0.05) is 12.1 Å². The third-order valence-electron chi connectivity index (χ3n) is 4.89. The molecule has 0 amide bonds. The van der Waals surface area contributed by atoms with Gasteiger partial charge in [-0.15, -0.1) is 35.3 Å². The summed E-state index contributed by atoms with van der Waals surface area (Å²) in [6, 6.07) is 6.86. The summed E-state index contributed by atoms with van der Waals surface area (Å²) < 4.78 is 19.0. The first-order valence-corrected chi connectivity index (χ1v) is 10.2. The summed E-state index contributed by atoms with van der Waals surface area (Å²) in [5.74, 6) is 0.570. The minimum absolute atomic E-state index is 0. The van der Waals surface area contributed by atoms with Crippen LogP contribution in [0.1, 0.15) is 35.2 Å². The average Bonchev–Trinajstić information content (AvgIpc) is 3.10. The molecule has 1 aliphatic heterocycles. The highest BCUT2D eigenvalue weighted by Gasteiger charge is 2.34. The van der Waals surface area contributed by atoms with Gasteiger partial charge < -0.3 is 15.4 Å². The van der Waals surface area contributed by atoms with Crippen molar-refractivity contribution in [3.63, 3.8) is 0 Å². The summed E-state index contributed by atoms with van der Waals surface area (Å²) in [4.78, 5) is 10.2. The summed E-state index contributed by atoms with van der Waals surface area (Å²) >= 11 is 1.67.